The molecule has 1 aliphatic heterocycles. The number of anilines is 3. The number of methoxy groups -OCH3 is 2. The molecule has 0 spiro atoms. The maximum Gasteiger partial charge on any atom is 0.272 e. The van der Waals surface area contributed by atoms with Crippen LogP contribution in [0.3, 0.4) is 0 Å². The van der Waals surface area contributed by atoms with Crippen molar-refractivity contribution in [3.8, 4) is 11.5 Å². The van der Waals surface area contributed by atoms with Crippen LogP contribution in [0.2, 0.25) is 0 Å². The molecular formula is C39H33N3O5S2. The normalized spacial score (nSPS) is 12.6. The highest BCUT2D eigenvalue weighted by Gasteiger charge is 2.31. The third kappa shape index (κ3) is 7.51. The fourth-order valence-electron chi connectivity index (χ4n) is 5.35. The number of thioether (sulfide) groups is 1. The minimum absolute atomic E-state index is 0.00214. The molecule has 1 aliphatic rings. The minimum atomic E-state index is -0.542. The van der Waals surface area contributed by atoms with E-state index < -0.39 is 17.1 Å². The highest BCUT2D eigenvalue weighted by atomic mass is 32.2. The smallest absolute Gasteiger partial charge is 0.272 e. The Bertz CT molecular complexity index is 2000. The van der Waals surface area contributed by atoms with E-state index in [1.807, 2.05) is 79.7 Å². The van der Waals surface area contributed by atoms with Gasteiger partial charge < -0.3 is 20.1 Å². The van der Waals surface area contributed by atoms with Crippen LogP contribution in [0.5, 0.6) is 11.5 Å². The van der Waals surface area contributed by atoms with Crippen LogP contribution in [0.15, 0.2) is 142 Å². The van der Waals surface area contributed by atoms with Crippen LogP contribution in [0, 0.1) is 0 Å². The van der Waals surface area contributed by atoms with Gasteiger partial charge in [0.15, 0.2) is 11.5 Å². The van der Waals surface area contributed by atoms with E-state index in [-0.39, 0.29) is 11.6 Å². The first kappa shape index (κ1) is 33.5. The SMILES string of the molecule is COc1cccc(/C=C(/NC(=O)c2ccccc2)C(=O)Nc2cccc(SC(C)C(=O)N3c4ccccc4Sc4ccccc43)c2)c1OC. The Morgan fingerprint density at radius 3 is 2.10 bits per heavy atom. The molecule has 0 saturated carbocycles. The summed E-state index contributed by atoms with van der Waals surface area (Å²) in [7, 11) is 3.03. The summed E-state index contributed by atoms with van der Waals surface area (Å²) in [6.07, 6.45) is 1.55. The molecule has 1 heterocycles. The lowest BCUT2D eigenvalue weighted by atomic mass is 10.1. The highest BCUT2D eigenvalue weighted by Crippen LogP contribution is 2.48. The number of nitrogens with zero attached hydrogens (tertiary/aromatic N) is 1. The molecule has 1 unspecified atom stereocenters. The van der Waals surface area contributed by atoms with Crippen LogP contribution >= 0.6 is 23.5 Å². The van der Waals surface area contributed by atoms with Crippen molar-refractivity contribution in [1.29, 1.82) is 0 Å². The molecule has 5 aromatic carbocycles. The van der Waals surface area contributed by atoms with E-state index in [1.54, 1.807) is 71.3 Å². The number of rotatable bonds is 10. The number of carbonyl (C=O) groups is 3. The van der Waals surface area contributed by atoms with Gasteiger partial charge in [-0.2, -0.15) is 0 Å². The summed E-state index contributed by atoms with van der Waals surface area (Å²) in [6, 6.07) is 37.0. The molecule has 246 valence electrons. The lowest BCUT2D eigenvalue weighted by molar-refractivity contribution is -0.117. The third-order valence-corrected chi connectivity index (χ3v) is 9.88. The Morgan fingerprint density at radius 2 is 1.43 bits per heavy atom. The average molecular weight is 688 g/mol. The Kier molecular flexibility index (Phi) is 10.4. The van der Waals surface area contributed by atoms with Gasteiger partial charge in [0.1, 0.15) is 5.70 Å². The Morgan fingerprint density at radius 1 is 0.776 bits per heavy atom. The first-order valence-corrected chi connectivity index (χ1v) is 17.1. The monoisotopic (exact) mass is 687 g/mol. The number of benzene rings is 5. The molecule has 1 atom stereocenters. The summed E-state index contributed by atoms with van der Waals surface area (Å²) in [5, 5.41) is 5.23. The van der Waals surface area contributed by atoms with Crippen molar-refractivity contribution >= 4 is 64.4 Å². The molecule has 0 fully saturated rings. The molecule has 5 aromatic rings. The van der Waals surface area contributed by atoms with E-state index in [0.717, 1.165) is 26.1 Å². The van der Waals surface area contributed by atoms with Crippen molar-refractivity contribution in [3.05, 3.63) is 138 Å². The fourth-order valence-corrected chi connectivity index (χ4v) is 7.37. The number of ether oxygens (including phenoxy) is 2. The van der Waals surface area contributed by atoms with Crippen LogP contribution in [0.1, 0.15) is 22.8 Å². The van der Waals surface area contributed by atoms with Crippen LogP contribution < -0.4 is 25.0 Å². The van der Waals surface area contributed by atoms with Crippen LogP contribution in [0.25, 0.3) is 6.08 Å². The van der Waals surface area contributed by atoms with Crippen LogP contribution in [0.4, 0.5) is 17.1 Å². The largest absolute Gasteiger partial charge is 0.493 e. The molecular weight excluding hydrogens is 655 g/mol. The number of carbonyl (C=O) groups excluding carboxylic acids is 3. The molecule has 0 radical (unpaired) electrons. The topological polar surface area (TPSA) is 97.0 Å². The van der Waals surface area contributed by atoms with E-state index >= 15 is 0 Å². The fraction of sp³-hybridized carbons (Fsp3) is 0.103. The molecule has 0 bridgehead atoms. The van der Waals surface area contributed by atoms with Crippen molar-refractivity contribution in [2.24, 2.45) is 0 Å². The van der Waals surface area contributed by atoms with Crippen LogP contribution in [-0.2, 0) is 9.59 Å². The quantitative estimate of drug-likeness (QED) is 0.112. The minimum Gasteiger partial charge on any atom is -0.493 e. The van der Waals surface area contributed by atoms with Gasteiger partial charge in [0, 0.05) is 31.5 Å². The zero-order chi connectivity index (χ0) is 34.3. The first-order chi connectivity index (χ1) is 23.9. The van der Waals surface area contributed by atoms with Gasteiger partial charge >= 0.3 is 0 Å². The van der Waals surface area contributed by atoms with Gasteiger partial charge in [-0.1, -0.05) is 72.4 Å². The van der Waals surface area contributed by atoms with Gasteiger partial charge in [-0.05, 0) is 73.7 Å². The van der Waals surface area contributed by atoms with Gasteiger partial charge in [0.05, 0.1) is 30.8 Å². The molecule has 3 amide bonds. The Balaban J connectivity index is 1.24. The summed E-state index contributed by atoms with van der Waals surface area (Å²) in [5.74, 6) is -0.145. The first-order valence-electron chi connectivity index (χ1n) is 15.4. The zero-order valence-electron chi connectivity index (χ0n) is 27.0. The highest BCUT2D eigenvalue weighted by molar-refractivity contribution is 8.00. The molecule has 0 saturated heterocycles. The molecule has 49 heavy (non-hydrogen) atoms. The standard InChI is InChI=1S/C39H33N3O5S2/c1-25(39(45)42-31-18-7-9-21-34(31)49-35-22-10-8-19-32(35)42)48-29-17-12-16-28(24-29)40-38(44)30(41-37(43)26-13-5-4-6-14-26)23-27-15-11-20-33(46-2)36(27)47-3/h4-25H,1-3H3,(H,40,44)(H,41,43)/b30-23+. The van der Waals surface area contributed by atoms with E-state index in [1.165, 1.54) is 26.0 Å². The van der Waals surface area contributed by atoms with Crippen molar-refractivity contribution in [2.45, 2.75) is 26.9 Å². The maximum atomic E-state index is 14.0. The summed E-state index contributed by atoms with van der Waals surface area (Å²) in [6.45, 7) is 1.88. The summed E-state index contributed by atoms with van der Waals surface area (Å²) in [4.78, 5) is 45.6. The average Bonchev–Trinajstić information content (AvgIpc) is 3.13. The molecule has 0 aromatic heterocycles. The van der Waals surface area contributed by atoms with Crippen molar-refractivity contribution in [2.75, 3.05) is 24.4 Å². The zero-order valence-corrected chi connectivity index (χ0v) is 28.6. The van der Waals surface area contributed by atoms with Crippen molar-refractivity contribution < 1.29 is 23.9 Å². The number of nitrogens with one attached hydrogen (secondary N) is 2. The second-order valence-corrected chi connectivity index (χ2v) is 13.4. The Labute approximate surface area is 293 Å². The predicted octanol–water partition coefficient (Wildman–Crippen LogP) is 8.42. The van der Waals surface area contributed by atoms with E-state index in [4.69, 9.17) is 9.47 Å². The summed E-state index contributed by atoms with van der Waals surface area (Å²) < 4.78 is 11.0. The maximum absolute atomic E-state index is 14.0. The summed E-state index contributed by atoms with van der Waals surface area (Å²) in [5.41, 5.74) is 3.15. The third-order valence-electron chi connectivity index (χ3n) is 7.67. The number of para-hydroxylation sites is 3. The number of fused-ring (bicyclic) bond motifs is 2. The molecule has 6 rings (SSSR count). The molecule has 0 aliphatic carbocycles. The predicted molar refractivity (Wildman–Crippen MR) is 196 cm³/mol. The van der Waals surface area contributed by atoms with Gasteiger partial charge in [0.25, 0.3) is 11.8 Å². The van der Waals surface area contributed by atoms with Crippen molar-refractivity contribution in [3.63, 3.8) is 0 Å². The lowest BCUT2D eigenvalue weighted by Crippen LogP contribution is -2.34. The second kappa shape index (κ2) is 15.2. The molecule has 2 N–H and O–H groups in total. The van der Waals surface area contributed by atoms with Gasteiger partial charge in [-0.25, -0.2) is 0 Å². The lowest BCUT2D eigenvalue weighted by Gasteiger charge is -2.32. The van der Waals surface area contributed by atoms with Gasteiger partial charge in [-0.3, -0.25) is 19.3 Å². The van der Waals surface area contributed by atoms with Crippen LogP contribution in [-0.4, -0.2) is 37.2 Å². The van der Waals surface area contributed by atoms with E-state index in [0.29, 0.717) is 28.3 Å². The van der Waals surface area contributed by atoms with Crippen molar-refractivity contribution in [1.82, 2.24) is 5.32 Å². The number of hydrogen-bond acceptors (Lipinski definition) is 7. The second-order valence-electron chi connectivity index (χ2n) is 10.9. The Hall–Kier alpha value is -5.45. The molecule has 10 heteroatoms. The number of amides is 3. The van der Waals surface area contributed by atoms with E-state index in [9.17, 15) is 14.4 Å². The summed E-state index contributed by atoms with van der Waals surface area (Å²) >= 11 is 3.05. The van der Waals surface area contributed by atoms with E-state index in [2.05, 4.69) is 10.6 Å². The van der Waals surface area contributed by atoms with Gasteiger partial charge in [0.2, 0.25) is 5.91 Å². The van der Waals surface area contributed by atoms with Gasteiger partial charge in [-0.15, -0.1) is 11.8 Å². The number of hydrogen-bond donors (Lipinski definition) is 2. The molecule has 8 nitrogen and oxygen atoms in total.